The average Bonchev–Trinajstić information content (AvgIpc) is 0.776. The number of hydrogen-bond acceptors (Lipinski definition) is 14. The minimum absolute atomic E-state index is 0.00437. The van der Waals surface area contributed by atoms with Gasteiger partial charge in [-0.2, -0.15) is 28.5 Å². The van der Waals surface area contributed by atoms with Gasteiger partial charge in [-0.3, -0.25) is 19.4 Å². The Morgan fingerprint density at radius 2 is 0.755 bits per heavy atom. The molecule has 0 atom stereocenters. The number of benzene rings is 3. The number of fused-ring (bicyclic) bond motifs is 3. The van der Waals surface area contributed by atoms with Crippen molar-refractivity contribution >= 4 is 68.3 Å². The second-order valence-corrected chi connectivity index (χ2v) is 22.2. The van der Waals surface area contributed by atoms with Crippen LogP contribution in [-0.4, -0.2) is 73.5 Å². The number of alkyl halides is 3. The van der Waals surface area contributed by atoms with E-state index in [0.29, 0.717) is 51.7 Å². The molecule has 3 aromatic carbocycles. The van der Waals surface area contributed by atoms with Gasteiger partial charge >= 0.3 is 6.18 Å². The third-order valence-corrected chi connectivity index (χ3v) is 15.4. The van der Waals surface area contributed by atoms with Crippen molar-refractivity contribution in [3.05, 3.63) is 267 Å². The first-order chi connectivity index (χ1) is 46.5. The first-order valence-electron chi connectivity index (χ1n) is 29.4. The molecule has 0 saturated carbocycles. The van der Waals surface area contributed by atoms with E-state index in [0.717, 1.165) is 80.3 Å². The van der Waals surface area contributed by atoms with Crippen LogP contribution in [0.25, 0.3) is 85.4 Å². The third kappa shape index (κ3) is 14.7. The number of rotatable bonds is 11. The van der Waals surface area contributed by atoms with E-state index in [1.165, 1.54) is 68.4 Å². The largest absolute Gasteiger partial charge is 0.481 e. The summed E-state index contributed by atoms with van der Waals surface area (Å²) in [5.74, 6) is -5.17. The molecule has 9 heterocycles. The van der Waals surface area contributed by atoms with Crippen molar-refractivity contribution in [1.29, 1.82) is 0 Å². The molecule has 0 bridgehead atoms. The van der Waals surface area contributed by atoms with Crippen molar-refractivity contribution < 1.29 is 53.4 Å². The highest BCUT2D eigenvalue weighted by Gasteiger charge is 2.32. The van der Waals surface area contributed by atoms with Crippen molar-refractivity contribution in [2.24, 2.45) is 0 Å². The molecular weight excluding hydrogens is 1290 g/mol. The predicted molar refractivity (Wildman–Crippen MR) is 350 cm³/mol. The summed E-state index contributed by atoms with van der Waals surface area (Å²) in [6, 6.07) is 22.6. The topological polar surface area (TPSA) is 200 Å². The highest BCUT2D eigenvalue weighted by Crippen LogP contribution is 2.31. The SMILES string of the molecule is C/C(=C\c1ccnc(C(F)(F)F)c1)c1nn(-c2ccc(F)cc2F)c2cc(C)c(C)nc2c1=O.COc1cc(/C=C(\C)c2nn(-c3ccc(F)cc3F)c3cc(C)c(C)nc3c2=O)ccn1.COc1cc(/C=C(\F)c2nn(-c3ccc(F)cc3F)c3cc(C)c(C)nc3c2=O)ccn1. The molecule has 17 nitrogen and oxygen atoms in total. The van der Waals surface area contributed by atoms with Gasteiger partial charge < -0.3 is 9.47 Å². The molecule has 27 heteroatoms. The molecule has 9 aromatic heterocycles. The molecule has 0 spiro atoms. The van der Waals surface area contributed by atoms with Crippen molar-refractivity contribution in [1.82, 2.24) is 59.2 Å². The van der Waals surface area contributed by atoms with E-state index >= 15 is 4.39 Å². The minimum Gasteiger partial charge on any atom is -0.481 e. The second kappa shape index (κ2) is 28.2. The molecule has 0 N–H and O–H groups in total. The van der Waals surface area contributed by atoms with Gasteiger partial charge in [0.1, 0.15) is 68.1 Å². The Bertz CT molecular complexity index is 5260. The summed E-state index contributed by atoms with van der Waals surface area (Å²) < 4.78 is 152. The standard InChI is InChI=1S/C24H17F5N4O.C24H20F2N4O2.C23H17F3N4O2/c1-12-9-19-22(31-14(12)3)23(34)21(32-33(19)18-5-4-16(25)11-17(18)26)13(2)8-15-6-7-30-20(10-15)24(27,28)29;1-13-10-20-23(28-15(13)3)24(31)22(14(2)9-16-7-8-27-21(11-16)32-4)29-30(20)19-6-5-17(25)12-18(19)26;1-12-8-19-22(28-13(12)2)23(31)21(17(26)9-14-6-7-27-20(10-14)32-3)29-30(19)18-5-4-15(24)11-16(18)25/h4-11H,1-3H3;5-12H,1-4H3;4-11H,1-3H3/b13-8+;14-9+;17-9-. The van der Waals surface area contributed by atoms with Crippen molar-refractivity contribution in [2.45, 2.75) is 61.6 Å². The molecule has 0 fully saturated rings. The molecule has 0 radical (unpaired) electrons. The molecule has 0 aliphatic heterocycles. The fourth-order valence-corrected chi connectivity index (χ4v) is 9.97. The zero-order chi connectivity index (χ0) is 70.8. The number of halogens is 10. The lowest BCUT2D eigenvalue weighted by Crippen LogP contribution is -2.20. The second-order valence-electron chi connectivity index (χ2n) is 22.2. The van der Waals surface area contributed by atoms with Gasteiger partial charge in [-0.25, -0.2) is 69.7 Å². The van der Waals surface area contributed by atoms with Gasteiger partial charge in [-0.05, 0) is 197 Å². The Hall–Kier alpha value is -11.9. The Morgan fingerprint density at radius 1 is 0.429 bits per heavy atom. The lowest BCUT2D eigenvalue weighted by Gasteiger charge is -2.14. The molecular formula is C71H54F10N12O5. The lowest BCUT2D eigenvalue weighted by atomic mass is 10.1. The number of aryl methyl sites for hydroxylation is 6. The first kappa shape index (κ1) is 68.9. The van der Waals surface area contributed by atoms with E-state index in [4.69, 9.17) is 9.47 Å². The summed E-state index contributed by atoms with van der Waals surface area (Å²) in [7, 11) is 2.93. The van der Waals surface area contributed by atoms with E-state index in [2.05, 4.69) is 45.2 Å². The smallest absolute Gasteiger partial charge is 0.433 e. The van der Waals surface area contributed by atoms with Crippen molar-refractivity contribution in [3.8, 4) is 28.8 Å². The Morgan fingerprint density at radius 3 is 1.10 bits per heavy atom. The van der Waals surface area contributed by atoms with Gasteiger partial charge in [0.15, 0.2) is 29.0 Å². The number of pyridine rings is 6. The molecule has 0 saturated heterocycles. The highest BCUT2D eigenvalue weighted by molar-refractivity contribution is 5.87. The third-order valence-electron chi connectivity index (χ3n) is 15.4. The zero-order valence-electron chi connectivity index (χ0n) is 53.5. The number of nitrogens with zero attached hydrogens (tertiary/aromatic N) is 12. The zero-order valence-corrected chi connectivity index (χ0v) is 53.5. The number of allylic oxidation sites excluding steroid dienone is 2. The van der Waals surface area contributed by atoms with E-state index in [9.17, 15) is 53.9 Å². The minimum atomic E-state index is -4.63. The maximum atomic E-state index is 15.2. The van der Waals surface area contributed by atoms with Gasteiger partial charge in [-0.15, -0.1) is 0 Å². The van der Waals surface area contributed by atoms with Crippen LogP contribution in [0, 0.1) is 76.4 Å². The van der Waals surface area contributed by atoms with Gasteiger partial charge in [0.05, 0.1) is 30.8 Å². The van der Waals surface area contributed by atoms with Crippen LogP contribution in [0.5, 0.6) is 11.8 Å². The predicted octanol–water partition coefficient (Wildman–Crippen LogP) is 14.8. The number of aromatic nitrogens is 12. The highest BCUT2D eigenvalue weighted by atomic mass is 19.4. The summed E-state index contributed by atoms with van der Waals surface area (Å²) in [6.45, 7) is 13.8. The van der Waals surface area contributed by atoms with Crippen LogP contribution in [0.1, 0.15) is 87.1 Å². The van der Waals surface area contributed by atoms with Gasteiger partial charge in [0.2, 0.25) is 28.0 Å². The van der Waals surface area contributed by atoms with Crippen LogP contribution in [0.2, 0.25) is 0 Å². The Labute approximate surface area is 550 Å². The molecule has 0 aliphatic carbocycles. The van der Waals surface area contributed by atoms with Crippen LogP contribution < -0.4 is 25.8 Å². The summed E-state index contributed by atoms with van der Waals surface area (Å²) >= 11 is 0. The van der Waals surface area contributed by atoms with Crippen LogP contribution in [0.3, 0.4) is 0 Å². The molecule has 498 valence electrons. The lowest BCUT2D eigenvalue weighted by molar-refractivity contribution is -0.141. The quantitative estimate of drug-likeness (QED) is 0.111. The van der Waals surface area contributed by atoms with E-state index in [-0.39, 0.29) is 78.5 Å². The normalized spacial score (nSPS) is 12.0. The summed E-state index contributed by atoms with van der Waals surface area (Å²) in [5, 5.41) is 12.8. The molecule has 12 rings (SSSR count). The molecule has 12 aromatic rings. The van der Waals surface area contributed by atoms with Gasteiger partial charge in [-0.1, -0.05) is 0 Å². The number of hydrogen-bond donors (Lipinski definition) is 0. The molecule has 0 amide bonds. The maximum Gasteiger partial charge on any atom is 0.433 e. The van der Waals surface area contributed by atoms with Gasteiger partial charge in [0, 0.05) is 66.0 Å². The fraction of sp³-hybridized carbons (Fsp3) is 0.155. The van der Waals surface area contributed by atoms with Crippen LogP contribution in [-0.2, 0) is 6.18 Å². The summed E-state index contributed by atoms with van der Waals surface area (Å²) in [4.78, 5) is 64.0. The first-order valence-corrected chi connectivity index (χ1v) is 29.4. The Balaban J connectivity index is 0.000000159. The monoisotopic (exact) mass is 1340 g/mol. The summed E-state index contributed by atoms with van der Waals surface area (Å²) in [6.07, 6.45) is 3.58. The van der Waals surface area contributed by atoms with Crippen LogP contribution in [0.15, 0.2) is 142 Å². The maximum absolute atomic E-state index is 15.2. The van der Waals surface area contributed by atoms with Crippen molar-refractivity contribution in [2.75, 3.05) is 14.2 Å². The van der Waals surface area contributed by atoms with E-state index < -0.39 is 69.2 Å². The van der Waals surface area contributed by atoms with Crippen molar-refractivity contribution in [3.63, 3.8) is 0 Å². The molecule has 0 unspecified atom stereocenters. The average molecular weight is 1350 g/mol. The number of methoxy groups -OCH3 is 2. The molecule has 0 aliphatic rings. The van der Waals surface area contributed by atoms with Crippen LogP contribution >= 0.6 is 0 Å². The Kier molecular flexibility index (Phi) is 19.8. The number of ether oxygens (including phenoxy) is 2. The van der Waals surface area contributed by atoms with E-state index in [1.807, 2.05) is 6.92 Å². The molecule has 98 heavy (non-hydrogen) atoms. The van der Waals surface area contributed by atoms with Crippen LogP contribution in [0.4, 0.5) is 43.9 Å². The van der Waals surface area contributed by atoms with Gasteiger partial charge in [0.25, 0.3) is 0 Å². The summed E-state index contributed by atoms with van der Waals surface area (Å²) in [5.41, 5.74) is 3.26. The fourth-order valence-electron chi connectivity index (χ4n) is 9.97. The van der Waals surface area contributed by atoms with E-state index in [1.54, 1.807) is 84.1 Å².